The maximum atomic E-state index is 12.8. The molecule has 0 radical (unpaired) electrons. The molecular weight excluding hydrogens is 378 g/mol. The van der Waals surface area contributed by atoms with Crippen molar-refractivity contribution in [3.05, 3.63) is 56.7 Å². The van der Waals surface area contributed by atoms with Crippen LogP contribution < -0.4 is 16.1 Å². The minimum Gasteiger partial charge on any atom is -0.342 e. The zero-order valence-corrected chi connectivity index (χ0v) is 18.4. The van der Waals surface area contributed by atoms with Crippen LogP contribution in [0.3, 0.4) is 0 Å². The number of anilines is 1. The molecule has 0 aliphatic rings. The number of unbranched alkanes of at least 4 members (excludes halogenated alkanes) is 4. The van der Waals surface area contributed by atoms with E-state index in [4.69, 9.17) is 4.98 Å². The van der Waals surface area contributed by atoms with Gasteiger partial charge in [-0.15, -0.1) is 0 Å². The molecule has 3 rings (SSSR count). The Balaban J connectivity index is 2.12. The van der Waals surface area contributed by atoms with Crippen molar-refractivity contribution in [3.8, 4) is 0 Å². The normalized spacial score (nSPS) is 11.3. The minimum absolute atomic E-state index is 0.384. The van der Waals surface area contributed by atoms with Crippen LogP contribution in [0.2, 0.25) is 0 Å². The number of rotatable bonds is 11. The van der Waals surface area contributed by atoms with Gasteiger partial charge >= 0.3 is 5.69 Å². The van der Waals surface area contributed by atoms with Crippen LogP contribution in [-0.4, -0.2) is 32.2 Å². The van der Waals surface area contributed by atoms with Gasteiger partial charge in [-0.2, -0.15) is 4.98 Å². The fraction of sp³-hybridized carbons (Fsp3) is 0.522. The molecule has 0 spiro atoms. The van der Waals surface area contributed by atoms with E-state index in [0.717, 1.165) is 63.1 Å². The topological polar surface area (TPSA) is 75.9 Å². The second-order valence-electron chi connectivity index (χ2n) is 7.88. The highest BCUT2D eigenvalue weighted by Crippen LogP contribution is 2.22. The van der Waals surface area contributed by atoms with E-state index in [-0.39, 0.29) is 5.56 Å². The van der Waals surface area contributed by atoms with Gasteiger partial charge in [0.1, 0.15) is 0 Å². The van der Waals surface area contributed by atoms with Crippen LogP contribution in [0.15, 0.2) is 39.9 Å². The number of fused-ring (bicyclic) bond motifs is 1. The summed E-state index contributed by atoms with van der Waals surface area (Å²) in [5.41, 5.74) is 1.16. The van der Waals surface area contributed by atoms with Crippen molar-refractivity contribution in [1.29, 1.82) is 0 Å². The van der Waals surface area contributed by atoms with Gasteiger partial charge < -0.3 is 4.90 Å². The molecule has 0 aliphatic carbocycles. The zero-order chi connectivity index (χ0) is 21.5. The van der Waals surface area contributed by atoms with Crippen LogP contribution in [0.25, 0.3) is 11.2 Å². The van der Waals surface area contributed by atoms with Crippen molar-refractivity contribution in [2.45, 2.75) is 58.9 Å². The van der Waals surface area contributed by atoms with Crippen LogP contribution in [0.1, 0.15) is 57.9 Å². The largest absolute Gasteiger partial charge is 0.342 e. The molecule has 0 fully saturated rings. The highest BCUT2D eigenvalue weighted by Gasteiger charge is 2.21. The lowest BCUT2D eigenvalue weighted by Crippen LogP contribution is -2.30. The van der Waals surface area contributed by atoms with E-state index in [1.54, 1.807) is 7.05 Å². The molecule has 7 nitrogen and oxygen atoms in total. The monoisotopic (exact) mass is 411 g/mol. The number of hydrogen-bond donors (Lipinski definition) is 1. The zero-order valence-electron chi connectivity index (χ0n) is 18.4. The summed E-state index contributed by atoms with van der Waals surface area (Å²) in [4.78, 5) is 34.5. The molecule has 30 heavy (non-hydrogen) atoms. The Morgan fingerprint density at radius 3 is 2.20 bits per heavy atom. The molecule has 0 unspecified atom stereocenters. The summed E-state index contributed by atoms with van der Waals surface area (Å²) in [6.07, 6.45) is 6.76. The fourth-order valence-electron chi connectivity index (χ4n) is 3.80. The van der Waals surface area contributed by atoms with Crippen molar-refractivity contribution in [2.75, 3.05) is 18.0 Å². The van der Waals surface area contributed by atoms with Crippen molar-refractivity contribution in [3.63, 3.8) is 0 Å². The predicted octanol–water partition coefficient (Wildman–Crippen LogP) is 3.66. The maximum absolute atomic E-state index is 12.8. The van der Waals surface area contributed by atoms with Crippen LogP contribution >= 0.6 is 0 Å². The quantitative estimate of drug-likeness (QED) is 0.489. The van der Waals surface area contributed by atoms with Gasteiger partial charge in [-0.3, -0.25) is 18.9 Å². The third kappa shape index (κ3) is 4.83. The lowest BCUT2D eigenvalue weighted by Gasteiger charge is -2.25. The summed E-state index contributed by atoms with van der Waals surface area (Å²) in [5, 5.41) is 0. The van der Waals surface area contributed by atoms with E-state index in [0.29, 0.717) is 17.7 Å². The molecule has 1 N–H and O–H groups in total. The summed E-state index contributed by atoms with van der Waals surface area (Å²) in [6.45, 7) is 6.71. The lowest BCUT2D eigenvalue weighted by atomic mass is 10.2. The van der Waals surface area contributed by atoms with Crippen LogP contribution in [0, 0.1) is 0 Å². The van der Waals surface area contributed by atoms with Gasteiger partial charge in [-0.25, -0.2) is 4.79 Å². The summed E-state index contributed by atoms with van der Waals surface area (Å²) in [5.74, 6) is 0.771. The average molecular weight is 412 g/mol. The smallest absolute Gasteiger partial charge is 0.329 e. The number of nitrogens with one attached hydrogen (secondary N) is 1. The number of nitrogens with zero attached hydrogens (tertiary/aromatic N) is 4. The molecule has 3 aromatic rings. The number of aromatic amines is 1. The third-order valence-corrected chi connectivity index (χ3v) is 5.52. The fourth-order valence-corrected chi connectivity index (χ4v) is 3.80. The molecule has 0 amide bonds. The molecule has 0 saturated heterocycles. The van der Waals surface area contributed by atoms with Gasteiger partial charge in [-0.05, 0) is 18.4 Å². The second kappa shape index (κ2) is 10.3. The Bertz CT molecular complexity index is 1050. The third-order valence-electron chi connectivity index (χ3n) is 5.52. The minimum atomic E-state index is -0.438. The second-order valence-corrected chi connectivity index (χ2v) is 7.88. The molecule has 7 heteroatoms. The summed E-state index contributed by atoms with van der Waals surface area (Å²) in [6, 6.07) is 10.1. The first kappa shape index (κ1) is 21.9. The van der Waals surface area contributed by atoms with Crippen molar-refractivity contribution in [2.24, 2.45) is 7.05 Å². The SMILES string of the molecule is CCCCCN(CCCCC)c1nc2c(c(=O)[nH]c(=O)n2C)n1Cc1ccccc1. The first-order valence-corrected chi connectivity index (χ1v) is 11.0. The molecule has 2 aromatic heterocycles. The first-order chi connectivity index (χ1) is 14.6. The van der Waals surface area contributed by atoms with Crippen LogP contribution in [-0.2, 0) is 13.6 Å². The Morgan fingerprint density at radius 1 is 0.967 bits per heavy atom. The molecule has 0 aliphatic heterocycles. The van der Waals surface area contributed by atoms with Gasteiger partial charge in [0.15, 0.2) is 11.2 Å². The summed E-state index contributed by atoms with van der Waals surface area (Å²) < 4.78 is 3.40. The van der Waals surface area contributed by atoms with E-state index >= 15 is 0 Å². The molecular formula is C23H33N5O2. The van der Waals surface area contributed by atoms with Crippen molar-refractivity contribution >= 4 is 17.1 Å². The Labute approximate surface area is 177 Å². The average Bonchev–Trinajstić information content (AvgIpc) is 3.11. The van der Waals surface area contributed by atoms with E-state index in [2.05, 4.69) is 23.7 Å². The lowest BCUT2D eigenvalue weighted by molar-refractivity contribution is 0.615. The molecule has 0 bridgehead atoms. The standard InChI is InChI=1S/C23H33N5O2/c1-4-6-11-15-27(16-12-7-5-2)22-24-20-19(21(29)25-23(30)26(20)3)28(22)17-18-13-9-8-10-14-18/h8-10,13-14H,4-7,11-12,15-17H2,1-3H3,(H,25,29,30). The molecule has 1 aromatic carbocycles. The summed E-state index contributed by atoms with van der Waals surface area (Å²) in [7, 11) is 1.66. The van der Waals surface area contributed by atoms with E-state index < -0.39 is 5.69 Å². The number of aromatic nitrogens is 4. The highest BCUT2D eigenvalue weighted by atomic mass is 16.2. The Hall–Kier alpha value is -2.83. The molecule has 2 heterocycles. The van der Waals surface area contributed by atoms with Gasteiger partial charge in [0.05, 0.1) is 6.54 Å². The van der Waals surface area contributed by atoms with Crippen LogP contribution in [0.4, 0.5) is 5.95 Å². The van der Waals surface area contributed by atoms with Crippen molar-refractivity contribution in [1.82, 2.24) is 19.1 Å². The van der Waals surface area contributed by atoms with Gasteiger partial charge in [-0.1, -0.05) is 69.9 Å². The van der Waals surface area contributed by atoms with Crippen molar-refractivity contribution < 1.29 is 0 Å². The van der Waals surface area contributed by atoms with E-state index in [9.17, 15) is 9.59 Å². The van der Waals surface area contributed by atoms with E-state index in [1.165, 1.54) is 4.57 Å². The van der Waals surface area contributed by atoms with Gasteiger partial charge in [0.25, 0.3) is 5.56 Å². The van der Waals surface area contributed by atoms with E-state index in [1.807, 2.05) is 34.9 Å². The Morgan fingerprint density at radius 2 is 1.60 bits per heavy atom. The summed E-state index contributed by atoms with van der Waals surface area (Å²) >= 11 is 0. The maximum Gasteiger partial charge on any atom is 0.329 e. The number of H-pyrrole nitrogens is 1. The Kier molecular flexibility index (Phi) is 7.49. The molecule has 162 valence electrons. The number of imidazole rings is 1. The van der Waals surface area contributed by atoms with Gasteiger partial charge in [0, 0.05) is 20.1 Å². The number of hydrogen-bond acceptors (Lipinski definition) is 4. The molecule has 0 atom stereocenters. The predicted molar refractivity (Wildman–Crippen MR) is 122 cm³/mol. The number of aryl methyl sites for hydroxylation is 1. The van der Waals surface area contributed by atoms with Gasteiger partial charge in [0.2, 0.25) is 5.95 Å². The first-order valence-electron chi connectivity index (χ1n) is 11.0. The molecule has 0 saturated carbocycles. The highest BCUT2D eigenvalue weighted by molar-refractivity contribution is 5.74. The number of benzene rings is 1. The van der Waals surface area contributed by atoms with Crippen LogP contribution in [0.5, 0.6) is 0 Å².